The minimum Gasteiger partial charge on any atom is -0.311 e. The largest absolute Gasteiger partial charge is 0.311 e. The quantitative estimate of drug-likeness (QED) is 0.838. The van der Waals surface area contributed by atoms with Crippen molar-refractivity contribution in [3.05, 3.63) is 12.3 Å². The second-order valence-corrected chi connectivity index (χ2v) is 6.81. The summed E-state index contributed by atoms with van der Waals surface area (Å²) in [5.41, 5.74) is 0. The zero-order valence-electron chi connectivity index (χ0n) is 10.8. The molecule has 106 valence electrons. The molecule has 0 aromatic carbocycles. The van der Waals surface area contributed by atoms with Gasteiger partial charge in [-0.05, 0) is 19.8 Å². The van der Waals surface area contributed by atoms with Crippen LogP contribution in [0.25, 0.3) is 0 Å². The Balaban J connectivity index is 1.99. The van der Waals surface area contributed by atoms with Crippen LogP contribution in [-0.2, 0) is 14.8 Å². The second-order valence-electron chi connectivity index (χ2n) is 4.56. The highest BCUT2D eigenvalue weighted by Crippen LogP contribution is 2.20. The minimum absolute atomic E-state index is 0.0713. The van der Waals surface area contributed by atoms with Gasteiger partial charge in [0.15, 0.2) is 0 Å². The third-order valence-corrected chi connectivity index (χ3v) is 5.12. The zero-order chi connectivity index (χ0) is 13.9. The first-order valence-corrected chi connectivity index (χ1v) is 7.92. The molecule has 1 atom stereocenters. The molecule has 8 heteroatoms. The van der Waals surface area contributed by atoms with Gasteiger partial charge in [0.05, 0.1) is 17.9 Å². The van der Waals surface area contributed by atoms with E-state index in [1.54, 1.807) is 19.2 Å². The summed E-state index contributed by atoms with van der Waals surface area (Å²) < 4.78 is 25.0. The molecular weight excluding hydrogens is 268 g/mol. The Morgan fingerprint density at radius 2 is 2.42 bits per heavy atom. The predicted octanol–water partition coefficient (Wildman–Crippen LogP) is 0.410. The van der Waals surface area contributed by atoms with Gasteiger partial charge in [-0.2, -0.15) is 5.10 Å². The van der Waals surface area contributed by atoms with Crippen LogP contribution in [-0.4, -0.2) is 47.7 Å². The van der Waals surface area contributed by atoms with Gasteiger partial charge in [0, 0.05) is 19.2 Å². The summed E-state index contributed by atoms with van der Waals surface area (Å²) in [6.07, 6.45) is 2.96. The van der Waals surface area contributed by atoms with Crippen LogP contribution in [0, 0.1) is 5.92 Å². The maximum atomic E-state index is 12.0. The average Bonchev–Trinajstić information content (AvgIpc) is 2.91. The predicted molar refractivity (Wildman–Crippen MR) is 71.0 cm³/mol. The lowest BCUT2D eigenvalue weighted by molar-refractivity contribution is -0.120. The van der Waals surface area contributed by atoms with Crippen LogP contribution >= 0.6 is 0 Å². The smallest absolute Gasteiger partial charge is 0.229 e. The van der Waals surface area contributed by atoms with Crippen LogP contribution in [0.15, 0.2) is 12.3 Å². The number of anilines is 1. The summed E-state index contributed by atoms with van der Waals surface area (Å²) in [6, 6.07) is 1.65. The van der Waals surface area contributed by atoms with E-state index in [-0.39, 0.29) is 24.1 Å². The van der Waals surface area contributed by atoms with Gasteiger partial charge >= 0.3 is 0 Å². The van der Waals surface area contributed by atoms with Gasteiger partial charge in [-0.3, -0.25) is 9.89 Å². The van der Waals surface area contributed by atoms with Gasteiger partial charge < -0.3 is 5.32 Å². The SMILES string of the molecule is CCS(=O)(=O)N1CCCC(C(=O)Nc2ccn[nH]2)C1. The van der Waals surface area contributed by atoms with Crippen molar-refractivity contribution >= 4 is 21.7 Å². The molecule has 19 heavy (non-hydrogen) atoms. The highest BCUT2D eigenvalue weighted by molar-refractivity contribution is 7.89. The maximum Gasteiger partial charge on any atom is 0.229 e. The van der Waals surface area contributed by atoms with Gasteiger partial charge in [-0.15, -0.1) is 0 Å². The summed E-state index contributed by atoms with van der Waals surface area (Å²) in [7, 11) is -3.22. The Labute approximate surface area is 112 Å². The van der Waals surface area contributed by atoms with Gasteiger partial charge in [0.1, 0.15) is 5.82 Å². The molecule has 0 aliphatic carbocycles. The van der Waals surface area contributed by atoms with Gasteiger partial charge in [-0.25, -0.2) is 12.7 Å². The number of sulfonamides is 1. The number of rotatable bonds is 4. The van der Waals surface area contributed by atoms with Crippen molar-refractivity contribution < 1.29 is 13.2 Å². The van der Waals surface area contributed by atoms with Crippen LogP contribution in [0.4, 0.5) is 5.82 Å². The first-order valence-electron chi connectivity index (χ1n) is 6.31. The lowest BCUT2D eigenvalue weighted by Crippen LogP contribution is -2.44. The number of aromatic amines is 1. The molecule has 2 heterocycles. The molecule has 1 aromatic rings. The fourth-order valence-electron chi connectivity index (χ4n) is 2.15. The summed E-state index contributed by atoms with van der Waals surface area (Å²) in [5.74, 6) is 0.126. The number of hydrogen-bond donors (Lipinski definition) is 2. The molecule has 2 N–H and O–H groups in total. The number of aromatic nitrogens is 2. The fraction of sp³-hybridized carbons (Fsp3) is 0.636. The van der Waals surface area contributed by atoms with Crippen molar-refractivity contribution in [2.45, 2.75) is 19.8 Å². The number of nitrogens with one attached hydrogen (secondary N) is 2. The molecule has 0 bridgehead atoms. The standard InChI is InChI=1S/C11H18N4O3S/c1-2-19(17,18)15-7-3-4-9(8-15)11(16)13-10-5-6-12-14-10/h5-6,9H,2-4,7-8H2,1H3,(H2,12,13,14,16). The average molecular weight is 286 g/mol. The molecule has 1 fully saturated rings. The second kappa shape index (κ2) is 5.70. The van der Waals surface area contributed by atoms with Crippen LogP contribution in [0.2, 0.25) is 0 Å². The number of nitrogens with zero attached hydrogens (tertiary/aromatic N) is 2. The maximum absolute atomic E-state index is 12.0. The van der Waals surface area contributed by atoms with E-state index in [0.29, 0.717) is 25.2 Å². The molecule has 0 spiro atoms. The van der Waals surface area contributed by atoms with Gasteiger partial charge in [0.25, 0.3) is 0 Å². The third-order valence-electron chi connectivity index (χ3n) is 3.27. The van der Waals surface area contributed by atoms with E-state index in [0.717, 1.165) is 0 Å². The fourth-order valence-corrected chi connectivity index (χ4v) is 3.33. The van der Waals surface area contributed by atoms with E-state index in [4.69, 9.17) is 0 Å². The topological polar surface area (TPSA) is 95.2 Å². The number of piperidine rings is 1. The van der Waals surface area contributed by atoms with Crippen LogP contribution in [0.1, 0.15) is 19.8 Å². The molecule has 1 amide bonds. The molecule has 2 rings (SSSR count). The molecule has 1 aliphatic heterocycles. The van der Waals surface area contributed by atoms with Crippen LogP contribution < -0.4 is 5.32 Å². The summed E-state index contributed by atoms with van der Waals surface area (Å²) in [6.45, 7) is 2.38. The molecule has 1 saturated heterocycles. The molecule has 7 nitrogen and oxygen atoms in total. The number of carbonyl (C=O) groups is 1. The highest BCUT2D eigenvalue weighted by atomic mass is 32.2. The summed E-state index contributed by atoms with van der Waals surface area (Å²) in [4.78, 5) is 12.0. The minimum atomic E-state index is -3.22. The lowest BCUT2D eigenvalue weighted by atomic mass is 9.99. The Morgan fingerprint density at radius 3 is 3.05 bits per heavy atom. The number of H-pyrrole nitrogens is 1. The molecule has 0 radical (unpaired) electrons. The van der Waals surface area contributed by atoms with E-state index in [2.05, 4.69) is 15.5 Å². The zero-order valence-corrected chi connectivity index (χ0v) is 11.6. The Bertz CT molecular complexity index is 526. The van der Waals surface area contributed by atoms with Crippen molar-refractivity contribution in [3.63, 3.8) is 0 Å². The molecular formula is C11H18N4O3S. The summed E-state index contributed by atoms with van der Waals surface area (Å²) in [5, 5.41) is 9.09. The Hall–Kier alpha value is -1.41. The number of hydrogen-bond acceptors (Lipinski definition) is 4. The number of amides is 1. The summed E-state index contributed by atoms with van der Waals surface area (Å²) >= 11 is 0. The van der Waals surface area contributed by atoms with Gasteiger partial charge in [-0.1, -0.05) is 0 Å². The molecule has 1 unspecified atom stereocenters. The van der Waals surface area contributed by atoms with E-state index < -0.39 is 10.0 Å². The van der Waals surface area contributed by atoms with Crippen molar-refractivity contribution in [2.75, 3.05) is 24.2 Å². The molecule has 1 aromatic heterocycles. The van der Waals surface area contributed by atoms with Crippen molar-refractivity contribution in [1.82, 2.24) is 14.5 Å². The molecule has 0 saturated carbocycles. The van der Waals surface area contributed by atoms with E-state index >= 15 is 0 Å². The van der Waals surface area contributed by atoms with Crippen molar-refractivity contribution in [2.24, 2.45) is 5.92 Å². The first kappa shape index (κ1) is 14.0. The van der Waals surface area contributed by atoms with E-state index in [9.17, 15) is 13.2 Å². The van der Waals surface area contributed by atoms with Crippen LogP contribution in [0.3, 0.4) is 0 Å². The molecule has 1 aliphatic rings. The third kappa shape index (κ3) is 3.32. The monoisotopic (exact) mass is 286 g/mol. The van der Waals surface area contributed by atoms with E-state index in [1.807, 2.05) is 0 Å². The van der Waals surface area contributed by atoms with Gasteiger partial charge in [0.2, 0.25) is 15.9 Å². The lowest BCUT2D eigenvalue weighted by Gasteiger charge is -2.30. The van der Waals surface area contributed by atoms with Crippen molar-refractivity contribution in [3.8, 4) is 0 Å². The highest BCUT2D eigenvalue weighted by Gasteiger charge is 2.31. The normalized spacial score (nSPS) is 21.2. The Morgan fingerprint density at radius 1 is 1.63 bits per heavy atom. The van der Waals surface area contributed by atoms with Crippen molar-refractivity contribution in [1.29, 1.82) is 0 Å². The first-order chi connectivity index (χ1) is 9.03. The number of carbonyl (C=O) groups excluding carboxylic acids is 1. The van der Waals surface area contributed by atoms with E-state index in [1.165, 1.54) is 4.31 Å². The van der Waals surface area contributed by atoms with Crippen LogP contribution in [0.5, 0.6) is 0 Å². The Kier molecular flexibility index (Phi) is 4.20.